The summed E-state index contributed by atoms with van der Waals surface area (Å²) < 4.78 is 1.77. The van der Waals surface area contributed by atoms with Crippen molar-refractivity contribution in [2.24, 2.45) is 0 Å². The molecule has 0 spiro atoms. The summed E-state index contributed by atoms with van der Waals surface area (Å²) in [6, 6.07) is 5.17. The van der Waals surface area contributed by atoms with Gasteiger partial charge in [0.25, 0.3) is 5.56 Å². The average molecular weight is 343 g/mol. The summed E-state index contributed by atoms with van der Waals surface area (Å²) in [5.41, 5.74) is 3.70. The van der Waals surface area contributed by atoms with Gasteiger partial charge in [0.2, 0.25) is 5.65 Å². The summed E-state index contributed by atoms with van der Waals surface area (Å²) in [5, 5.41) is 9.49. The first-order valence-electron chi connectivity index (χ1n) is 8.44. The number of phenolic OH excluding ortho intramolecular Hbond substituents is 1. The topological polar surface area (TPSA) is 70.4 Å². The van der Waals surface area contributed by atoms with E-state index in [0.29, 0.717) is 5.65 Å². The van der Waals surface area contributed by atoms with Crippen molar-refractivity contribution >= 4 is 5.65 Å². The van der Waals surface area contributed by atoms with Crippen molar-refractivity contribution in [3.05, 3.63) is 65.4 Å². The molecule has 0 saturated heterocycles. The van der Waals surface area contributed by atoms with Crippen LogP contribution in [0.2, 0.25) is 0 Å². The van der Waals surface area contributed by atoms with Gasteiger partial charge < -0.3 is 10.1 Å². The highest BCUT2D eigenvalue weighted by Gasteiger charge is 2.13. The Labute approximate surface area is 149 Å². The normalized spacial score (nSPS) is 9.04. The van der Waals surface area contributed by atoms with Crippen LogP contribution in [0.5, 0.6) is 5.75 Å². The number of aromatic amines is 1. The van der Waals surface area contributed by atoms with Gasteiger partial charge in [-0.05, 0) is 37.6 Å². The molecule has 2 aromatic heterocycles. The number of phenols is 1. The van der Waals surface area contributed by atoms with E-state index in [2.05, 4.69) is 23.1 Å². The smallest absolute Gasteiger partial charge is 0.291 e. The fourth-order valence-corrected chi connectivity index (χ4v) is 2.36. The molecule has 136 valence electrons. The molecule has 0 aliphatic rings. The second-order valence-corrected chi connectivity index (χ2v) is 4.55. The van der Waals surface area contributed by atoms with Gasteiger partial charge in [-0.1, -0.05) is 27.7 Å². The van der Waals surface area contributed by atoms with Crippen molar-refractivity contribution in [1.29, 1.82) is 0 Å². The van der Waals surface area contributed by atoms with Crippen molar-refractivity contribution in [3.63, 3.8) is 0 Å². The number of fused-ring (bicyclic) bond motifs is 1. The maximum atomic E-state index is 11.8. The summed E-state index contributed by atoms with van der Waals surface area (Å²) >= 11 is 0. The fourth-order valence-electron chi connectivity index (χ4n) is 2.36. The molecule has 5 nitrogen and oxygen atoms in total. The van der Waals surface area contributed by atoms with Crippen LogP contribution in [0.1, 0.15) is 39.0 Å². The minimum Gasteiger partial charge on any atom is -0.508 e. The van der Waals surface area contributed by atoms with Gasteiger partial charge in [-0.2, -0.15) is 0 Å². The lowest BCUT2D eigenvalue weighted by atomic mass is 10.0. The Kier molecular flexibility index (Phi) is 9.64. The predicted molar refractivity (Wildman–Crippen MR) is 106 cm³/mol. The molecule has 3 rings (SSSR count). The van der Waals surface area contributed by atoms with Crippen molar-refractivity contribution in [1.82, 2.24) is 14.4 Å². The molecule has 0 aliphatic carbocycles. The number of imidazole rings is 1. The van der Waals surface area contributed by atoms with E-state index in [0.717, 1.165) is 22.5 Å². The standard InChI is InChI=1S/C14H13N3O2.2C2H6.C2H4/c1-8-7-10(18)3-4-11(8)12-9(2)16-14(19)13-15-5-6-17(12)13;3*1-2/h3-7,18H,1-2H3,(H,16,19);2*1-2H3;1-2H2. The third-order valence-electron chi connectivity index (χ3n) is 3.21. The second kappa shape index (κ2) is 10.9. The van der Waals surface area contributed by atoms with Crippen molar-refractivity contribution in [3.8, 4) is 17.0 Å². The molecular formula is C20H29N3O2. The zero-order valence-corrected chi connectivity index (χ0v) is 16.1. The molecule has 0 unspecified atom stereocenters. The number of hydrogen-bond acceptors (Lipinski definition) is 3. The van der Waals surface area contributed by atoms with Gasteiger partial charge >= 0.3 is 0 Å². The van der Waals surface area contributed by atoms with E-state index in [1.807, 2.05) is 47.6 Å². The minimum atomic E-state index is -0.206. The van der Waals surface area contributed by atoms with Crippen molar-refractivity contribution in [2.75, 3.05) is 0 Å². The SMILES string of the molecule is C=C.CC.CC.Cc1cc(O)ccc1-c1c(C)[nH]c(=O)c2nccn12. The van der Waals surface area contributed by atoms with E-state index in [9.17, 15) is 9.90 Å². The Hall–Kier alpha value is -2.82. The average Bonchev–Trinajstić information content (AvgIpc) is 3.12. The largest absolute Gasteiger partial charge is 0.508 e. The van der Waals surface area contributed by atoms with Crippen LogP contribution >= 0.6 is 0 Å². The monoisotopic (exact) mass is 343 g/mol. The van der Waals surface area contributed by atoms with Gasteiger partial charge in [-0.15, -0.1) is 13.2 Å². The second-order valence-electron chi connectivity index (χ2n) is 4.55. The zero-order valence-electron chi connectivity index (χ0n) is 16.1. The maximum absolute atomic E-state index is 11.8. The predicted octanol–water partition coefficient (Wildman–Crippen LogP) is 4.87. The first-order chi connectivity index (χ1) is 12.1. The van der Waals surface area contributed by atoms with Crippen LogP contribution in [-0.2, 0) is 0 Å². The molecule has 0 amide bonds. The molecule has 3 aromatic rings. The number of aromatic hydroxyl groups is 1. The molecule has 0 bridgehead atoms. The van der Waals surface area contributed by atoms with Crippen LogP contribution in [-0.4, -0.2) is 19.5 Å². The highest BCUT2D eigenvalue weighted by Crippen LogP contribution is 2.27. The Morgan fingerprint density at radius 3 is 2.28 bits per heavy atom. The lowest BCUT2D eigenvalue weighted by Gasteiger charge is -2.12. The number of hydrogen-bond donors (Lipinski definition) is 2. The molecule has 0 saturated carbocycles. The quantitative estimate of drug-likeness (QED) is 0.619. The van der Waals surface area contributed by atoms with Crippen LogP contribution in [0, 0.1) is 13.8 Å². The Bertz CT molecular complexity index is 848. The molecule has 5 heteroatoms. The number of aromatic nitrogens is 3. The Balaban J connectivity index is 0.000000871. The number of rotatable bonds is 1. The van der Waals surface area contributed by atoms with E-state index < -0.39 is 0 Å². The van der Waals surface area contributed by atoms with Gasteiger partial charge in [-0.3, -0.25) is 9.20 Å². The maximum Gasteiger partial charge on any atom is 0.291 e. The summed E-state index contributed by atoms with van der Waals surface area (Å²) in [7, 11) is 0. The third kappa shape index (κ3) is 4.83. The molecule has 1 aromatic carbocycles. The van der Waals surface area contributed by atoms with E-state index in [-0.39, 0.29) is 11.3 Å². The van der Waals surface area contributed by atoms with Gasteiger partial charge in [0, 0.05) is 23.7 Å². The highest BCUT2D eigenvalue weighted by molar-refractivity contribution is 5.69. The fraction of sp³-hybridized carbons (Fsp3) is 0.300. The van der Waals surface area contributed by atoms with Crippen LogP contribution in [0.15, 0.2) is 48.5 Å². The molecule has 0 aliphatic heterocycles. The van der Waals surface area contributed by atoms with E-state index in [1.54, 1.807) is 28.9 Å². The van der Waals surface area contributed by atoms with Crippen molar-refractivity contribution < 1.29 is 5.11 Å². The van der Waals surface area contributed by atoms with E-state index >= 15 is 0 Å². The first kappa shape index (κ1) is 22.2. The molecular weight excluding hydrogens is 314 g/mol. The van der Waals surface area contributed by atoms with E-state index in [1.165, 1.54) is 0 Å². The molecule has 2 N–H and O–H groups in total. The van der Waals surface area contributed by atoms with Gasteiger partial charge in [0.15, 0.2) is 0 Å². The molecule has 0 atom stereocenters. The minimum absolute atomic E-state index is 0.206. The lowest BCUT2D eigenvalue weighted by Crippen LogP contribution is -2.14. The molecule has 0 fully saturated rings. The van der Waals surface area contributed by atoms with Crippen LogP contribution in [0.3, 0.4) is 0 Å². The number of nitrogens with one attached hydrogen (secondary N) is 1. The summed E-state index contributed by atoms with van der Waals surface area (Å²) in [4.78, 5) is 18.7. The van der Waals surface area contributed by atoms with Crippen LogP contribution in [0.4, 0.5) is 0 Å². The Morgan fingerprint density at radius 2 is 1.72 bits per heavy atom. The summed E-state index contributed by atoms with van der Waals surface area (Å²) in [6.45, 7) is 17.8. The molecule has 2 heterocycles. The first-order valence-corrected chi connectivity index (χ1v) is 8.44. The molecule has 25 heavy (non-hydrogen) atoms. The third-order valence-corrected chi connectivity index (χ3v) is 3.21. The summed E-state index contributed by atoms with van der Waals surface area (Å²) in [5.74, 6) is 0.227. The van der Waals surface area contributed by atoms with E-state index in [4.69, 9.17) is 0 Å². The number of nitrogens with zero attached hydrogens (tertiary/aromatic N) is 2. The van der Waals surface area contributed by atoms with Crippen molar-refractivity contribution in [2.45, 2.75) is 41.5 Å². The van der Waals surface area contributed by atoms with Crippen LogP contribution in [0.25, 0.3) is 16.9 Å². The van der Waals surface area contributed by atoms with Gasteiger partial charge in [0.1, 0.15) is 5.75 Å². The highest BCUT2D eigenvalue weighted by atomic mass is 16.3. The lowest BCUT2D eigenvalue weighted by molar-refractivity contribution is 0.475. The molecule has 0 radical (unpaired) electrons. The van der Waals surface area contributed by atoms with Crippen LogP contribution < -0.4 is 5.56 Å². The number of H-pyrrole nitrogens is 1. The van der Waals surface area contributed by atoms with Gasteiger partial charge in [0.05, 0.1) is 5.69 Å². The zero-order chi connectivity index (χ0) is 19.6. The number of aryl methyl sites for hydroxylation is 2. The Morgan fingerprint density at radius 1 is 1.12 bits per heavy atom. The van der Waals surface area contributed by atoms with Gasteiger partial charge in [-0.25, -0.2) is 4.98 Å². The number of benzene rings is 1. The summed E-state index contributed by atoms with van der Waals surface area (Å²) in [6.07, 6.45) is 3.36.